The maximum Gasteiger partial charge on any atom is 0.194 e. The molecule has 1 aliphatic rings. The summed E-state index contributed by atoms with van der Waals surface area (Å²) in [6.07, 6.45) is 2.31. The topological polar surface area (TPSA) is 53.0 Å². The number of hydrogen-bond acceptors (Lipinski definition) is 5. The minimum absolute atomic E-state index is 0. The normalized spacial score (nSPS) is 15.7. The summed E-state index contributed by atoms with van der Waals surface area (Å²) in [7, 11) is 2.07. The molecule has 0 atom stereocenters. The molecule has 1 aromatic heterocycles. The fourth-order valence-corrected chi connectivity index (χ4v) is 3.33. The maximum atomic E-state index is 5.38. The van der Waals surface area contributed by atoms with E-state index in [1.165, 1.54) is 6.42 Å². The Labute approximate surface area is 173 Å². The average Bonchev–Trinajstić information content (AvgIpc) is 2.99. The second kappa shape index (κ2) is 12.8. The number of rotatable bonds is 8. The number of thiazole rings is 1. The number of guanidine groups is 1. The van der Waals surface area contributed by atoms with Gasteiger partial charge in [0, 0.05) is 38.6 Å². The minimum Gasteiger partial charge on any atom is -0.379 e. The quantitative estimate of drug-likeness (QED) is 0.268. The summed E-state index contributed by atoms with van der Waals surface area (Å²) >= 11 is 1.70. The smallest absolute Gasteiger partial charge is 0.194 e. The van der Waals surface area contributed by atoms with E-state index in [0.717, 1.165) is 75.6 Å². The van der Waals surface area contributed by atoms with Gasteiger partial charge in [-0.2, -0.15) is 0 Å². The Balaban J connectivity index is 0.00000312. The van der Waals surface area contributed by atoms with Crippen LogP contribution in [0, 0.1) is 6.92 Å². The van der Waals surface area contributed by atoms with Gasteiger partial charge in [0.1, 0.15) is 0 Å². The molecule has 8 heteroatoms. The monoisotopic (exact) mass is 481 g/mol. The standard InChI is InChI=1S/C17H31N5OS.HI/c1-4-18-17(21(3)13-16-14-24-15(2)20-16)19-7-5-6-8-22-9-11-23-12-10-22;/h14H,4-13H2,1-3H3,(H,18,19);1H. The van der Waals surface area contributed by atoms with Crippen LogP contribution >= 0.6 is 35.3 Å². The molecular formula is C17H32IN5OS. The van der Waals surface area contributed by atoms with Crippen molar-refractivity contribution in [3.05, 3.63) is 16.1 Å². The summed E-state index contributed by atoms with van der Waals surface area (Å²) in [5.41, 5.74) is 1.11. The minimum atomic E-state index is 0. The number of halogens is 1. The van der Waals surface area contributed by atoms with E-state index < -0.39 is 0 Å². The SMILES string of the molecule is CCNC(=NCCCCN1CCOCC1)N(C)Cc1csc(C)n1.I. The molecule has 1 aliphatic heterocycles. The van der Waals surface area contributed by atoms with Crippen molar-refractivity contribution in [2.45, 2.75) is 33.2 Å². The van der Waals surface area contributed by atoms with Gasteiger partial charge < -0.3 is 15.0 Å². The first-order chi connectivity index (χ1) is 11.7. The number of nitrogens with zero attached hydrogens (tertiary/aromatic N) is 4. The lowest BCUT2D eigenvalue weighted by molar-refractivity contribution is 0.0373. The maximum absolute atomic E-state index is 5.38. The summed E-state index contributed by atoms with van der Waals surface area (Å²) in [5, 5.41) is 6.61. The number of aliphatic imine (C=N–C) groups is 1. The first-order valence-corrected chi connectivity index (χ1v) is 9.77. The van der Waals surface area contributed by atoms with Crippen LogP contribution in [0.15, 0.2) is 10.4 Å². The van der Waals surface area contributed by atoms with Crippen LogP contribution in [-0.2, 0) is 11.3 Å². The third kappa shape index (κ3) is 8.65. The Kier molecular flexibility index (Phi) is 11.6. The highest BCUT2D eigenvalue weighted by Crippen LogP contribution is 2.10. The van der Waals surface area contributed by atoms with Crippen LogP contribution in [0.2, 0.25) is 0 Å². The van der Waals surface area contributed by atoms with E-state index in [0.29, 0.717) is 0 Å². The number of morpholine rings is 1. The van der Waals surface area contributed by atoms with Gasteiger partial charge >= 0.3 is 0 Å². The Morgan fingerprint density at radius 2 is 2.16 bits per heavy atom. The fraction of sp³-hybridized carbons (Fsp3) is 0.765. The molecule has 0 aliphatic carbocycles. The predicted octanol–water partition coefficient (Wildman–Crippen LogP) is 2.58. The van der Waals surface area contributed by atoms with Gasteiger partial charge in [0.25, 0.3) is 0 Å². The van der Waals surface area contributed by atoms with Gasteiger partial charge in [-0.25, -0.2) is 4.98 Å². The van der Waals surface area contributed by atoms with E-state index in [-0.39, 0.29) is 24.0 Å². The third-order valence-corrected chi connectivity index (χ3v) is 4.83. The summed E-state index contributed by atoms with van der Waals surface area (Å²) in [6.45, 7) is 11.8. The Bertz CT molecular complexity index is 505. The summed E-state index contributed by atoms with van der Waals surface area (Å²) in [6, 6.07) is 0. The molecule has 0 aromatic carbocycles. The van der Waals surface area contributed by atoms with Gasteiger partial charge in [0.2, 0.25) is 0 Å². The van der Waals surface area contributed by atoms with Gasteiger partial charge in [-0.15, -0.1) is 35.3 Å². The molecule has 2 heterocycles. The van der Waals surface area contributed by atoms with Crippen molar-refractivity contribution in [1.82, 2.24) is 20.1 Å². The van der Waals surface area contributed by atoms with Crippen LogP contribution in [0.1, 0.15) is 30.5 Å². The van der Waals surface area contributed by atoms with Crippen LogP contribution in [0.5, 0.6) is 0 Å². The summed E-state index contributed by atoms with van der Waals surface area (Å²) < 4.78 is 5.38. The molecule has 0 bridgehead atoms. The molecule has 144 valence electrons. The van der Waals surface area contributed by atoms with E-state index in [1.807, 2.05) is 6.92 Å². The molecule has 6 nitrogen and oxygen atoms in total. The molecule has 1 aromatic rings. The highest BCUT2D eigenvalue weighted by molar-refractivity contribution is 14.0. The Morgan fingerprint density at radius 1 is 1.40 bits per heavy atom. The second-order valence-electron chi connectivity index (χ2n) is 6.11. The summed E-state index contributed by atoms with van der Waals surface area (Å²) in [4.78, 5) is 13.9. The van der Waals surface area contributed by atoms with Crippen LogP contribution in [0.25, 0.3) is 0 Å². The second-order valence-corrected chi connectivity index (χ2v) is 7.17. The van der Waals surface area contributed by atoms with E-state index in [2.05, 4.69) is 39.5 Å². The summed E-state index contributed by atoms with van der Waals surface area (Å²) in [5.74, 6) is 0.967. The van der Waals surface area contributed by atoms with E-state index in [4.69, 9.17) is 9.73 Å². The number of ether oxygens (including phenoxy) is 1. The third-order valence-electron chi connectivity index (χ3n) is 4.01. The van der Waals surface area contributed by atoms with Gasteiger partial charge in [0.15, 0.2) is 5.96 Å². The first-order valence-electron chi connectivity index (χ1n) is 8.89. The molecule has 0 radical (unpaired) electrons. The van der Waals surface area contributed by atoms with Crippen LogP contribution in [-0.4, -0.2) is 73.7 Å². The zero-order valence-corrected chi connectivity index (χ0v) is 18.8. The number of hydrogen-bond donors (Lipinski definition) is 1. The van der Waals surface area contributed by atoms with Crippen molar-refractivity contribution in [3.8, 4) is 0 Å². The van der Waals surface area contributed by atoms with Gasteiger partial charge in [-0.05, 0) is 33.2 Å². The molecular weight excluding hydrogens is 449 g/mol. The zero-order valence-electron chi connectivity index (χ0n) is 15.7. The van der Waals surface area contributed by atoms with Crippen LogP contribution < -0.4 is 5.32 Å². The van der Waals surface area contributed by atoms with Crippen molar-refractivity contribution < 1.29 is 4.74 Å². The average molecular weight is 481 g/mol. The zero-order chi connectivity index (χ0) is 17.2. The molecule has 1 fully saturated rings. The predicted molar refractivity (Wildman–Crippen MR) is 116 cm³/mol. The van der Waals surface area contributed by atoms with E-state index in [9.17, 15) is 0 Å². The highest BCUT2D eigenvalue weighted by atomic mass is 127. The van der Waals surface area contributed by atoms with Crippen molar-refractivity contribution in [2.75, 3.05) is 53.0 Å². The lowest BCUT2D eigenvalue weighted by Gasteiger charge is -2.26. The fourth-order valence-electron chi connectivity index (χ4n) is 2.73. The highest BCUT2D eigenvalue weighted by Gasteiger charge is 2.10. The molecule has 1 N–H and O–H groups in total. The van der Waals surface area contributed by atoms with Crippen molar-refractivity contribution in [1.29, 1.82) is 0 Å². The number of aryl methyl sites for hydroxylation is 1. The molecule has 1 saturated heterocycles. The van der Waals surface area contributed by atoms with Crippen LogP contribution in [0.4, 0.5) is 0 Å². The molecule has 0 saturated carbocycles. The van der Waals surface area contributed by atoms with Crippen LogP contribution in [0.3, 0.4) is 0 Å². The Hall–Kier alpha value is -0.450. The lowest BCUT2D eigenvalue weighted by atomic mass is 10.3. The van der Waals surface area contributed by atoms with Gasteiger partial charge in [-0.3, -0.25) is 9.89 Å². The van der Waals surface area contributed by atoms with Gasteiger partial charge in [0.05, 0.1) is 30.5 Å². The van der Waals surface area contributed by atoms with Crippen molar-refractivity contribution >= 4 is 41.3 Å². The molecule has 0 spiro atoms. The van der Waals surface area contributed by atoms with Crippen molar-refractivity contribution in [3.63, 3.8) is 0 Å². The lowest BCUT2D eigenvalue weighted by Crippen LogP contribution is -2.38. The first kappa shape index (κ1) is 22.6. The Morgan fingerprint density at radius 3 is 2.80 bits per heavy atom. The molecule has 2 rings (SSSR count). The van der Waals surface area contributed by atoms with Crippen molar-refractivity contribution in [2.24, 2.45) is 4.99 Å². The molecule has 0 unspecified atom stereocenters. The molecule has 25 heavy (non-hydrogen) atoms. The molecule has 0 amide bonds. The van der Waals surface area contributed by atoms with E-state index >= 15 is 0 Å². The number of unbranched alkanes of at least 4 members (excludes halogenated alkanes) is 1. The van der Waals surface area contributed by atoms with E-state index in [1.54, 1.807) is 11.3 Å². The number of nitrogens with one attached hydrogen (secondary N) is 1. The van der Waals surface area contributed by atoms with Gasteiger partial charge in [-0.1, -0.05) is 0 Å². The number of aromatic nitrogens is 1. The largest absolute Gasteiger partial charge is 0.379 e.